The molecule has 0 spiro atoms. The van der Waals surface area contributed by atoms with Crippen LogP contribution in [-0.2, 0) is 6.42 Å². The molecule has 1 atom stereocenters. The second kappa shape index (κ2) is 6.87. The lowest BCUT2D eigenvalue weighted by molar-refractivity contribution is 0.240. The zero-order chi connectivity index (χ0) is 19.0. The normalized spacial score (nSPS) is 18.0. The van der Waals surface area contributed by atoms with Crippen molar-refractivity contribution < 1.29 is 19.0 Å². The first-order valence-corrected chi connectivity index (χ1v) is 8.85. The van der Waals surface area contributed by atoms with Crippen LogP contribution in [0.25, 0.3) is 5.70 Å². The molecule has 1 aliphatic heterocycles. The topological polar surface area (TPSA) is 68.8 Å². The molecule has 2 amide bonds. The van der Waals surface area contributed by atoms with Gasteiger partial charge in [0.15, 0.2) is 11.5 Å². The molecule has 1 unspecified atom stereocenters. The molecule has 2 aliphatic rings. The Morgan fingerprint density at radius 2 is 1.70 bits per heavy atom. The van der Waals surface area contributed by atoms with Gasteiger partial charge in [0.05, 0.1) is 33.1 Å². The highest BCUT2D eigenvalue weighted by Crippen LogP contribution is 2.46. The predicted molar refractivity (Wildman–Crippen MR) is 102 cm³/mol. The second-order valence-corrected chi connectivity index (χ2v) is 6.51. The minimum absolute atomic E-state index is 0.229. The van der Waals surface area contributed by atoms with Gasteiger partial charge in [-0.3, -0.25) is 0 Å². The number of methoxy groups -OCH3 is 3. The van der Waals surface area contributed by atoms with Gasteiger partial charge < -0.3 is 24.8 Å². The Bertz CT molecular complexity index is 936. The average Bonchev–Trinajstić information content (AvgIpc) is 2.71. The Balaban J connectivity index is 1.89. The lowest BCUT2D eigenvalue weighted by atomic mass is 9.82. The number of amides is 2. The highest BCUT2D eigenvalue weighted by Gasteiger charge is 2.34. The van der Waals surface area contributed by atoms with E-state index in [-0.39, 0.29) is 12.1 Å². The van der Waals surface area contributed by atoms with Crippen LogP contribution in [-0.4, -0.2) is 27.4 Å². The molecule has 6 heteroatoms. The first-order chi connectivity index (χ1) is 13.2. The van der Waals surface area contributed by atoms with E-state index in [1.165, 1.54) is 5.56 Å². The van der Waals surface area contributed by atoms with Crippen LogP contribution in [0.15, 0.2) is 42.0 Å². The van der Waals surface area contributed by atoms with E-state index in [4.69, 9.17) is 14.2 Å². The number of benzene rings is 2. The highest BCUT2D eigenvalue weighted by molar-refractivity contribution is 5.91. The molecular formula is C21H22N2O4. The molecular weight excluding hydrogens is 344 g/mol. The number of rotatable bonds is 4. The van der Waals surface area contributed by atoms with Crippen molar-refractivity contribution in [1.29, 1.82) is 0 Å². The minimum Gasteiger partial charge on any atom is -0.493 e. The third kappa shape index (κ3) is 2.77. The zero-order valence-electron chi connectivity index (χ0n) is 15.6. The quantitative estimate of drug-likeness (QED) is 0.870. The molecule has 2 aromatic rings. The lowest BCUT2D eigenvalue weighted by Crippen LogP contribution is -2.44. The Labute approximate surface area is 158 Å². The first-order valence-electron chi connectivity index (χ1n) is 8.85. The number of hydrogen-bond acceptors (Lipinski definition) is 4. The SMILES string of the molecule is COc1ccc(C2NC(=O)NC3=C2CCc2ccccc23)c(OC)c1OC. The van der Waals surface area contributed by atoms with Gasteiger partial charge in [-0.25, -0.2) is 4.79 Å². The Morgan fingerprint density at radius 3 is 2.44 bits per heavy atom. The number of hydrogen-bond donors (Lipinski definition) is 2. The maximum Gasteiger partial charge on any atom is 0.320 e. The van der Waals surface area contributed by atoms with Crippen molar-refractivity contribution in [1.82, 2.24) is 10.6 Å². The number of nitrogens with one attached hydrogen (secondary N) is 2. The van der Waals surface area contributed by atoms with E-state index in [0.717, 1.165) is 35.2 Å². The molecule has 2 N–H and O–H groups in total. The number of aryl methyl sites for hydroxylation is 1. The summed E-state index contributed by atoms with van der Waals surface area (Å²) in [5.74, 6) is 1.67. The van der Waals surface area contributed by atoms with Gasteiger partial charge in [0.25, 0.3) is 0 Å². The van der Waals surface area contributed by atoms with Gasteiger partial charge in [0.1, 0.15) is 0 Å². The van der Waals surface area contributed by atoms with Crippen molar-refractivity contribution in [3.63, 3.8) is 0 Å². The third-order valence-electron chi connectivity index (χ3n) is 5.18. The molecule has 27 heavy (non-hydrogen) atoms. The van der Waals surface area contributed by atoms with E-state index in [0.29, 0.717) is 17.2 Å². The summed E-state index contributed by atoms with van der Waals surface area (Å²) in [5, 5.41) is 6.04. The number of urea groups is 1. The van der Waals surface area contributed by atoms with Crippen LogP contribution in [0.5, 0.6) is 17.2 Å². The van der Waals surface area contributed by atoms with E-state index < -0.39 is 0 Å². The van der Waals surface area contributed by atoms with Crippen molar-refractivity contribution >= 4 is 11.7 Å². The number of ether oxygens (including phenoxy) is 3. The Morgan fingerprint density at radius 1 is 0.926 bits per heavy atom. The van der Waals surface area contributed by atoms with Crippen molar-refractivity contribution in [2.75, 3.05) is 21.3 Å². The molecule has 1 aliphatic carbocycles. The summed E-state index contributed by atoms with van der Waals surface area (Å²) in [7, 11) is 4.75. The summed E-state index contributed by atoms with van der Waals surface area (Å²) in [5.41, 5.74) is 5.20. The Hall–Kier alpha value is -3.15. The molecule has 0 saturated carbocycles. The maximum absolute atomic E-state index is 12.4. The van der Waals surface area contributed by atoms with Gasteiger partial charge in [-0.05, 0) is 36.1 Å². The number of carbonyl (C=O) groups excluding carboxylic acids is 1. The van der Waals surface area contributed by atoms with Gasteiger partial charge in [-0.1, -0.05) is 24.3 Å². The van der Waals surface area contributed by atoms with Gasteiger partial charge >= 0.3 is 6.03 Å². The number of carbonyl (C=O) groups is 1. The number of fused-ring (bicyclic) bond motifs is 2. The Kier molecular flexibility index (Phi) is 4.39. The monoisotopic (exact) mass is 366 g/mol. The van der Waals surface area contributed by atoms with E-state index in [1.54, 1.807) is 21.3 Å². The summed E-state index contributed by atoms with van der Waals surface area (Å²) in [6.45, 7) is 0. The summed E-state index contributed by atoms with van der Waals surface area (Å²) in [6.07, 6.45) is 1.78. The summed E-state index contributed by atoms with van der Waals surface area (Å²) >= 11 is 0. The van der Waals surface area contributed by atoms with E-state index in [2.05, 4.69) is 22.8 Å². The zero-order valence-corrected chi connectivity index (χ0v) is 15.6. The largest absolute Gasteiger partial charge is 0.493 e. The van der Waals surface area contributed by atoms with E-state index in [1.807, 2.05) is 24.3 Å². The molecule has 6 nitrogen and oxygen atoms in total. The molecule has 4 rings (SSSR count). The van der Waals surface area contributed by atoms with Crippen molar-refractivity contribution in [2.24, 2.45) is 0 Å². The van der Waals surface area contributed by atoms with Crippen LogP contribution < -0.4 is 24.8 Å². The van der Waals surface area contributed by atoms with Crippen LogP contribution in [0.2, 0.25) is 0 Å². The molecule has 0 aromatic heterocycles. The van der Waals surface area contributed by atoms with Gasteiger partial charge in [0.2, 0.25) is 5.75 Å². The molecule has 0 radical (unpaired) electrons. The van der Waals surface area contributed by atoms with Gasteiger partial charge in [-0.2, -0.15) is 0 Å². The standard InChI is InChI=1S/C21H22N2O4/c1-25-16-11-10-15(19(26-2)20(16)27-3)18-14-9-8-12-6-4-5-7-13(12)17(14)22-21(24)23-18/h4-7,10-11,18H,8-9H2,1-3H3,(H2,22,23,24). The predicted octanol–water partition coefficient (Wildman–Crippen LogP) is 3.42. The van der Waals surface area contributed by atoms with Crippen LogP contribution in [0.1, 0.15) is 29.2 Å². The molecule has 140 valence electrons. The van der Waals surface area contributed by atoms with Crippen LogP contribution in [0.4, 0.5) is 4.79 Å². The van der Waals surface area contributed by atoms with Gasteiger partial charge in [0, 0.05) is 11.1 Å². The molecule has 0 saturated heterocycles. The summed E-state index contributed by atoms with van der Waals surface area (Å²) in [6, 6.07) is 11.4. The molecule has 0 fully saturated rings. The lowest BCUT2D eigenvalue weighted by Gasteiger charge is -2.35. The van der Waals surface area contributed by atoms with Crippen molar-refractivity contribution in [3.05, 3.63) is 58.7 Å². The van der Waals surface area contributed by atoms with Crippen molar-refractivity contribution in [2.45, 2.75) is 18.9 Å². The second-order valence-electron chi connectivity index (χ2n) is 6.51. The van der Waals surface area contributed by atoms with Crippen LogP contribution >= 0.6 is 0 Å². The first kappa shape index (κ1) is 17.3. The fourth-order valence-electron chi connectivity index (χ4n) is 3.97. The minimum atomic E-state index is -0.295. The molecule has 2 aromatic carbocycles. The van der Waals surface area contributed by atoms with Gasteiger partial charge in [-0.15, -0.1) is 0 Å². The molecule has 1 heterocycles. The van der Waals surface area contributed by atoms with Crippen LogP contribution in [0.3, 0.4) is 0 Å². The van der Waals surface area contributed by atoms with Crippen LogP contribution in [0, 0.1) is 0 Å². The fraction of sp³-hybridized carbons (Fsp3) is 0.286. The highest BCUT2D eigenvalue weighted by atomic mass is 16.5. The van der Waals surface area contributed by atoms with Crippen molar-refractivity contribution in [3.8, 4) is 17.2 Å². The third-order valence-corrected chi connectivity index (χ3v) is 5.18. The van der Waals surface area contributed by atoms with E-state index in [9.17, 15) is 4.79 Å². The fourth-order valence-corrected chi connectivity index (χ4v) is 3.97. The average molecular weight is 366 g/mol. The molecule has 0 bridgehead atoms. The van der Waals surface area contributed by atoms with E-state index >= 15 is 0 Å². The summed E-state index contributed by atoms with van der Waals surface area (Å²) in [4.78, 5) is 12.4. The maximum atomic E-state index is 12.4. The smallest absolute Gasteiger partial charge is 0.320 e. The summed E-state index contributed by atoms with van der Waals surface area (Å²) < 4.78 is 16.5.